The van der Waals surface area contributed by atoms with Gasteiger partial charge in [0.2, 0.25) is 0 Å². The molecule has 0 aliphatic heterocycles. The lowest BCUT2D eigenvalue weighted by Crippen LogP contribution is -1.91. The first-order valence-electron chi connectivity index (χ1n) is 7.10. The molecule has 0 aliphatic carbocycles. The number of hydrogen-bond acceptors (Lipinski definition) is 2. The minimum atomic E-state index is 0.0986. The first kappa shape index (κ1) is 19.8. The van der Waals surface area contributed by atoms with Gasteiger partial charge in [-0.25, -0.2) is 0 Å². The van der Waals surface area contributed by atoms with Gasteiger partial charge in [0.25, 0.3) is 0 Å². The molecule has 0 radical (unpaired) electrons. The van der Waals surface area contributed by atoms with Crippen molar-refractivity contribution in [2.24, 2.45) is 0 Å². The maximum absolute atomic E-state index is 8.90. The zero-order valence-electron chi connectivity index (χ0n) is 13.2. The second-order valence-electron chi connectivity index (χ2n) is 4.28. The van der Waals surface area contributed by atoms with Crippen molar-refractivity contribution in [1.82, 2.24) is 0 Å². The largest absolute Gasteiger partial charge is 0.392 e. The van der Waals surface area contributed by atoms with Crippen molar-refractivity contribution in [2.45, 2.75) is 40.9 Å². The topological polar surface area (TPSA) is 40.5 Å². The minimum absolute atomic E-state index is 0.0986. The molecule has 0 saturated heterocycles. The Kier molecular flexibility index (Phi) is 10.9. The van der Waals surface area contributed by atoms with Crippen LogP contribution in [-0.4, -0.2) is 10.2 Å². The van der Waals surface area contributed by atoms with Crippen LogP contribution in [0.4, 0.5) is 0 Å². The Morgan fingerprint density at radius 1 is 0.810 bits per heavy atom. The van der Waals surface area contributed by atoms with Crippen molar-refractivity contribution in [2.75, 3.05) is 0 Å². The zero-order chi connectivity index (χ0) is 16.3. The fourth-order valence-electron chi connectivity index (χ4n) is 1.73. The van der Waals surface area contributed by atoms with Crippen LogP contribution in [0.1, 0.15) is 36.1 Å². The molecule has 116 valence electrons. The molecule has 2 aromatic carbocycles. The monoisotopic (exact) mass is 352 g/mol. The highest BCUT2D eigenvalue weighted by molar-refractivity contribution is 9.10. The van der Waals surface area contributed by atoms with E-state index in [9.17, 15) is 0 Å². The van der Waals surface area contributed by atoms with E-state index in [1.807, 2.05) is 70.2 Å². The van der Waals surface area contributed by atoms with Gasteiger partial charge in [0.05, 0.1) is 13.2 Å². The van der Waals surface area contributed by atoms with Gasteiger partial charge in [-0.2, -0.15) is 0 Å². The van der Waals surface area contributed by atoms with Crippen LogP contribution >= 0.6 is 15.9 Å². The third-order valence-corrected chi connectivity index (χ3v) is 3.70. The van der Waals surface area contributed by atoms with E-state index in [0.29, 0.717) is 0 Å². The highest BCUT2D eigenvalue weighted by Gasteiger charge is 1.97. The number of benzene rings is 2. The molecular weight excluding hydrogens is 328 g/mol. The van der Waals surface area contributed by atoms with Crippen LogP contribution in [0.15, 0.2) is 46.9 Å². The van der Waals surface area contributed by atoms with E-state index < -0.39 is 0 Å². The molecule has 2 nitrogen and oxygen atoms in total. The van der Waals surface area contributed by atoms with Crippen molar-refractivity contribution >= 4 is 15.9 Å². The van der Waals surface area contributed by atoms with Gasteiger partial charge in [-0.1, -0.05) is 66.2 Å². The third kappa shape index (κ3) is 6.89. The maximum atomic E-state index is 8.90. The Morgan fingerprint density at radius 3 is 1.67 bits per heavy atom. The second-order valence-corrected chi connectivity index (χ2v) is 5.13. The van der Waals surface area contributed by atoms with Gasteiger partial charge in [0.1, 0.15) is 0 Å². The predicted molar refractivity (Wildman–Crippen MR) is 93.3 cm³/mol. The van der Waals surface area contributed by atoms with Gasteiger partial charge in [0.15, 0.2) is 0 Å². The Balaban J connectivity index is 0.000000342. The summed E-state index contributed by atoms with van der Waals surface area (Å²) in [4.78, 5) is 0. The Bertz CT molecular complexity index is 504. The molecule has 0 aliphatic rings. The summed E-state index contributed by atoms with van der Waals surface area (Å²) in [6.07, 6.45) is 0. The lowest BCUT2D eigenvalue weighted by Gasteiger charge is -2.04. The third-order valence-electron chi connectivity index (χ3n) is 2.93. The fourth-order valence-corrected chi connectivity index (χ4v) is 2.14. The molecule has 0 fully saturated rings. The van der Waals surface area contributed by atoms with Crippen LogP contribution in [-0.2, 0) is 13.2 Å². The molecule has 0 aromatic heterocycles. The number of rotatable bonds is 2. The average molecular weight is 353 g/mol. The minimum Gasteiger partial charge on any atom is -0.392 e. The molecule has 0 spiro atoms. The van der Waals surface area contributed by atoms with Crippen molar-refractivity contribution in [1.29, 1.82) is 0 Å². The molecule has 0 bridgehead atoms. The Morgan fingerprint density at radius 2 is 1.33 bits per heavy atom. The standard InChI is InChI=1S/C9H12O.C7H7BrO.C2H6/c1-7-4-3-5-8(2)9(7)6-10;8-7-4-2-1-3-6(7)5-9;1-2/h3-5,10H,6H2,1-2H3;1-4,9H,5H2;1-2H3. The summed E-state index contributed by atoms with van der Waals surface area (Å²) in [6, 6.07) is 13.6. The molecule has 0 atom stereocenters. The molecule has 3 heteroatoms. The van der Waals surface area contributed by atoms with E-state index in [-0.39, 0.29) is 13.2 Å². The highest BCUT2D eigenvalue weighted by Crippen LogP contribution is 2.14. The van der Waals surface area contributed by atoms with Crippen LogP contribution in [0.2, 0.25) is 0 Å². The van der Waals surface area contributed by atoms with Crippen LogP contribution < -0.4 is 0 Å². The van der Waals surface area contributed by atoms with E-state index in [1.54, 1.807) is 0 Å². The maximum Gasteiger partial charge on any atom is 0.0692 e. The van der Waals surface area contributed by atoms with E-state index in [1.165, 1.54) is 11.1 Å². The SMILES string of the molecule is CC.Cc1cccc(C)c1CO.OCc1ccccc1Br. The summed E-state index contributed by atoms with van der Waals surface area (Å²) in [6.45, 7) is 8.27. The van der Waals surface area contributed by atoms with Gasteiger partial charge in [0, 0.05) is 4.47 Å². The molecule has 0 unspecified atom stereocenters. The first-order chi connectivity index (χ1) is 10.1. The first-order valence-corrected chi connectivity index (χ1v) is 7.89. The predicted octanol–water partition coefficient (Wildman–Crippen LogP) is 4.76. The van der Waals surface area contributed by atoms with E-state index in [4.69, 9.17) is 10.2 Å². The van der Waals surface area contributed by atoms with Crippen LogP contribution in [0, 0.1) is 13.8 Å². The molecular formula is C18H25BrO2. The van der Waals surface area contributed by atoms with E-state index in [2.05, 4.69) is 15.9 Å². The van der Waals surface area contributed by atoms with Gasteiger partial charge in [-0.05, 0) is 42.2 Å². The number of hydrogen-bond donors (Lipinski definition) is 2. The molecule has 0 heterocycles. The zero-order valence-corrected chi connectivity index (χ0v) is 14.8. The molecule has 2 N–H and O–H groups in total. The van der Waals surface area contributed by atoms with Gasteiger partial charge >= 0.3 is 0 Å². The molecule has 0 amide bonds. The number of halogens is 1. The molecule has 0 saturated carbocycles. The lowest BCUT2D eigenvalue weighted by atomic mass is 10.0. The summed E-state index contributed by atoms with van der Waals surface area (Å²) in [5, 5.41) is 17.6. The van der Waals surface area contributed by atoms with Crippen LogP contribution in [0.25, 0.3) is 0 Å². The van der Waals surface area contributed by atoms with Crippen molar-refractivity contribution < 1.29 is 10.2 Å². The van der Waals surface area contributed by atoms with Crippen molar-refractivity contribution in [3.8, 4) is 0 Å². The quantitative estimate of drug-likeness (QED) is 0.817. The van der Waals surface area contributed by atoms with Crippen molar-refractivity contribution in [3.05, 3.63) is 69.2 Å². The summed E-state index contributed by atoms with van der Waals surface area (Å²) in [5.74, 6) is 0. The highest BCUT2D eigenvalue weighted by atomic mass is 79.9. The number of aliphatic hydroxyl groups excluding tert-OH is 2. The van der Waals surface area contributed by atoms with Crippen LogP contribution in [0.3, 0.4) is 0 Å². The average Bonchev–Trinajstić information content (AvgIpc) is 2.51. The van der Waals surface area contributed by atoms with Gasteiger partial charge < -0.3 is 10.2 Å². The molecule has 21 heavy (non-hydrogen) atoms. The number of aliphatic hydroxyl groups is 2. The normalized spacial score (nSPS) is 9.10. The smallest absolute Gasteiger partial charge is 0.0692 e. The Hall–Kier alpha value is -1.16. The van der Waals surface area contributed by atoms with E-state index >= 15 is 0 Å². The van der Waals surface area contributed by atoms with E-state index in [0.717, 1.165) is 15.6 Å². The lowest BCUT2D eigenvalue weighted by molar-refractivity contribution is 0.280. The number of aryl methyl sites for hydroxylation is 2. The Labute approximate surface area is 136 Å². The molecule has 2 rings (SSSR count). The van der Waals surface area contributed by atoms with Crippen LogP contribution in [0.5, 0.6) is 0 Å². The van der Waals surface area contributed by atoms with Crippen molar-refractivity contribution in [3.63, 3.8) is 0 Å². The molecule has 2 aromatic rings. The summed E-state index contributed by atoms with van der Waals surface area (Å²) < 4.78 is 0.965. The summed E-state index contributed by atoms with van der Waals surface area (Å²) >= 11 is 3.30. The summed E-state index contributed by atoms with van der Waals surface area (Å²) in [7, 11) is 0. The fraction of sp³-hybridized carbons (Fsp3) is 0.333. The summed E-state index contributed by atoms with van der Waals surface area (Å²) in [5.41, 5.74) is 4.32. The second kappa shape index (κ2) is 11.5. The van der Waals surface area contributed by atoms with Gasteiger partial charge in [-0.3, -0.25) is 0 Å². The van der Waals surface area contributed by atoms with Gasteiger partial charge in [-0.15, -0.1) is 0 Å².